The van der Waals surface area contributed by atoms with Crippen molar-refractivity contribution in [3.63, 3.8) is 0 Å². The number of methoxy groups -OCH3 is 1. The number of nitrogens with two attached hydrogens (primary N) is 1. The lowest BCUT2D eigenvalue weighted by Crippen LogP contribution is -2.27. The Balaban J connectivity index is 2.05. The lowest BCUT2D eigenvalue weighted by molar-refractivity contribution is 0.0602. The van der Waals surface area contributed by atoms with Gasteiger partial charge in [-0.2, -0.15) is 0 Å². The molecule has 0 radical (unpaired) electrons. The second-order valence-electron chi connectivity index (χ2n) is 5.91. The molecule has 0 heterocycles. The van der Waals surface area contributed by atoms with Crippen molar-refractivity contribution in [1.29, 1.82) is 0 Å². The number of ether oxygens (including phenoxy) is 1. The van der Waals surface area contributed by atoms with Crippen LogP contribution in [0.3, 0.4) is 0 Å². The number of anilines is 2. The molecule has 0 aromatic heterocycles. The van der Waals surface area contributed by atoms with Crippen molar-refractivity contribution in [3.05, 3.63) is 23.8 Å². The van der Waals surface area contributed by atoms with E-state index in [2.05, 4.69) is 12.2 Å². The van der Waals surface area contributed by atoms with E-state index in [1.54, 1.807) is 12.1 Å². The molecule has 0 saturated heterocycles. The minimum atomic E-state index is -0.343. The van der Waals surface area contributed by atoms with Crippen LogP contribution < -0.4 is 11.1 Å². The molecule has 1 saturated carbocycles. The standard InChI is InChI=1S/C17H26N2O2/c1-3-5-12-8-10-13(11-9-12)19-16-14(17(20)21-2)6-4-7-15(16)18/h4,6-7,12-13,19H,3,5,8-11,18H2,1-2H3. The summed E-state index contributed by atoms with van der Waals surface area (Å²) in [5.41, 5.74) is 7.89. The number of esters is 1. The van der Waals surface area contributed by atoms with Crippen molar-refractivity contribution in [1.82, 2.24) is 0 Å². The van der Waals surface area contributed by atoms with E-state index in [0.717, 1.165) is 24.4 Å². The molecule has 1 aliphatic carbocycles. The molecule has 21 heavy (non-hydrogen) atoms. The molecule has 0 unspecified atom stereocenters. The molecule has 4 nitrogen and oxygen atoms in total. The summed E-state index contributed by atoms with van der Waals surface area (Å²) in [6.45, 7) is 2.25. The summed E-state index contributed by atoms with van der Waals surface area (Å²) in [7, 11) is 1.39. The van der Waals surface area contributed by atoms with Crippen LogP contribution in [0, 0.1) is 5.92 Å². The van der Waals surface area contributed by atoms with E-state index in [0.29, 0.717) is 17.3 Å². The molecule has 1 aliphatic rings. The summed E-state index contributed by atoms with van der Waals surface area (Å²) in [5, 5.41) is 3.47. The van der Waals surface area contributed by atoms with Crippen LogP contribution in [-0.2, 0) is 4.74 Å². The van der Waals surface area contributed by atoms with E-state index in [-0.39, 0.29) is 5.97 Å². The molecule has 0 spiro atoms. The summed E-state index contributed by atoms with van der Waals surface area (Å²) in [4.78, 5) is 11.8. The number of hydrogen-bond acceptors (Lipinski definition) is 4. The second kappa shape index (κ2) is 7.34. The first kappa shape index (κ1) is 15.7. The zero-order valence-corrected chi connectivity index (χ0v) is 13.0. The van der Waals surface area contributed by atoms with Gasteiger partial charge in [0.25, 0.3) is 0 Å². The SMILES string of the molecule is CCCC1CCC(Nc2c(N)cccc2C(=O)OC)CC1. The maximum absolute atomic E-state index is 11.8. The molecule has 1 aromatic carbocycles. The molecule has 4 heteroatoms. The van der Waals surface area contributed by atoms with Gasteiger partial charge >= 0.3 is 5.97 Å². The maximum Gasteiger partial charge on any atom is 0.340 e. The number of nitrogens with one attached hydrogen (secondary N) is 1. The lowest BCUT2D eigenvalue weighted by Gasteiger charge is -2.30. The number of carbonyl (C=O) groups is 1. The number of nitrogen functional groups attached to an aromatic ring is 1. The Kier molecular flexibility index (Phi) is 5.48. The highest BCUT2D eigenvalue weighted by atomic mass is 16.5. The quantitative estimate of drug-likeness (QED) is 0.639. The Bertz CT molecular complexity index is 480. The third-order valence-corrected chi connectivity index (χ3v) is 4.39. The van der Waals surface area contributed by atoms with E-state index in [9.17, 15) is 4.79 Å². The van der Waals surface area contributed by atoms with Crippen molar-refractivity contribution < 1.29 is 9.53 Å². The minimum absolute atomic E-state index is 0.343. The van der Waals surface area contributed by atoms with Gasteiger partial charge in [-0.05, 0) is 43.7 Å². The van der Waals surface area contributed by atoms with Crippen molar-refractivity contribution in [2.24, 2.45) is 5.92 Å². The van der Waals surface area contributed by atoms with Crippen LogP contribution >= 0.6 is 0 Å². The maximum atomic E-state index is 11.8. The molecular weight excluding hydrogens is 264 g/mol. The predicted molar refractivity (Wildman–Crippen MR) is 86.5 cm³/mol. The van der Waals surface area contributed by atoms with Crippen molar-refractivity contribution in [2.45, 2.75) is 51.5 Å². The van der Waals surface area contributed by atoms with Crippen LogP contribution in [0.15, 0.2) is 18.2 Å². The molecular formula is C17H26N2O2. The Morgan fingerprint density at radius 3 is 2.67 bits per heavy atom. The lowest BCUT2D eigenvalue weighted by atomic mass is 9.83. The van der Waals surface area contributed by atoms with E-state index in [1.165, 1.54) is 32.8 Å². The van der Waals surface area contributed by atoms with Crippen molar-refractivity contribution in [3.8, 4) is 0 Å². The number of carbonyl (C=O) groups excluding carboxylic acids is 1. The highest BCUT2D eigenvalue weighted by Crippen LogP contribution is 2.32. The Morgan fingerprint density at radius 2 is 2.05 bits per heavy atom. The highest BCUT2D eigenvalue weighted by molar-refractivity contribution is 5.98. The van der Waals surface area contributed by atoms with Crippen molar-refractivity contribution >= 4 is 17.3 Å². The summed E-state index contributed by atoms with van der Waals surface area (Å²) in [6.07, 6.45) is 7.38. The van der Waals surface area contributed by atoms with Gasteiger partial charge in [0.15, 0.2) is 0 Å². The molecule has 2 rings (SSSR count). The van der Waals surface area contributed by atoms with E-state index in [4.69, 9.17) is 10.5 Å². The second-order valence-corrected chi connectivity index (χ2v) is 5.91. The first-order valence-electron chi connectivity index (χ1n) is 7.89. The number of para-hydroxylation sites is 1. The zero-order valence-electron chi connectivity index (χ0n) is 13.0. The molecule has 0 amide bonds. The van der Waals surface area contributed by atoms with Gasteiger partial charge in [0.1, 0.15) is 0 Å². The van der Waals surface area contributed by atoms with Crippen molar-refractivity contribution in [2.75, 3.05) is 18.2 Å². The predicted octanol–water partition coefficient (Wildman–Crippen LogP) is 3.83. The summed E-state index contributed by atoms with van der Waals surface area (Å²) < 4.78 is 4.84. The molecule has 3 N–H and O–H groups in total. The molecule has 0 atom stereocenters. The van der Waals surface area contributed by atoms with Gasteiger partial charge in [0, 0.05) is 6.04 Å². The van der Waals surface area contributed by atoms with E-state index in [1.807, 2.05) is 6.07 Å². The molecule has 0 bridgehead atoms. The molecule has 1 fully saturated rings. The van der Waals surface area contributed by atoms with Gasteiger partial charge in [-0.1, -0.05) is 25.8 Å². The summed E-state index contributed by atoms with van der Waals surface area (Å²) >= 11 is 0. The van der Waals surface area contributed by atoms with Gasteiger partial charge in [-0.25, -0.2) is 4.79 Å². The van der Waals surface area contributed by atoms with Crippen LogP contribution in [0.5, 0.6) is 0 Å². The number of rotatable bonds is 5. The normalized spacial score (nSPS) is 21.8. The van der Waals surface area contributed by atoms with E-state index < -0.39 is 0 Å². The molecule has 116 valence electrons. The Labute approximate surface area is 127 Å². The van der Waals surface area contributed by atoms with Crippen LogP contribution in [0.25, 0.3) is 0 Å². The Morgan fingerprint density at radius 1 is 1.33 bits per heavy atom. The third-order valence-electron chi connectivity index (χ3n) is 4.39. The molecule has 1 aromatic rings. The summed E-state index contributed by atoms with van der Waals surface area (Å²) in [6, 6.07) is 5.75. The van der Waals surface area contributed by atoms with Gasteiger partial charge in [-0.15, -0.1) is 0 Å². The molecule has 0 aliphatic heterocycles. The number of benzene rings is 1. The zero-order chi connectivity index (χ0) is 15.2. The van der Waals surface area contributed by atoms with Crippen LogP contribution in [-0.4, -0.2) is 19.1 Å². The fraction of sp³-hybridized carbons (Fsp3) is 0.588. The fourth-order valence-corrected chi connectivity index (χ4v) is 3.22. The summed E-state index contributed by atoms with van der Waals surface area (Å²) in [5.74, 6) is 0.519. The monoisotopic (exact) mass is 290 g/mol. The number of hydrogen-bond donors (Lipinski definition) is 2. The van der Waals surface area contributed by atoms with Gasteiger partial charge in [0.05, 0.1) is 24.0 Å². The average molecular weight is 290 g/mol. The fourth-order valence-electron chi connectivity index (χ4n) is 3.22. The smallest absolute Gasteiger partial charge is 0.340 e. The van der Waals surface area contributed by atoms with Crippen LogP contribution in [0.1, 0.15) is 55.8 Å². The largest absolute Gasteiger partial charge is 0.465 e. The Hall–Kier alpha value is -1.71. The first-order chi connectivity index (χ1) is 10.2. The minimum Gasteiger partial charge on any atom is -0.465 e. The highest BCUT2D eigenvalue weighted by Gasteiger charge is 2.23. The van der Waals surface area contributed by atoms with Gasteiger partial charge in [-0.3, -0.25) is 0 Å². The third kappa shape index (κ3) is 3.90. The average Bonchev–Trinajstić information content (AvgIpc) is 2.50. The van der Waals surface area contributed by atoms with Crippen LogP contribution in [0.4, 0.5) is 11.4 Å². The van der Waals surface area contributed by atoms with Gasteiger partial charge < -0.3 is 15.8 Å². The topological polar surface area (TPSA) is 64.3 Å². The van der Waals surface area contributed by atoms with E-state index >= 15 is 0 Å². The van der Waals surface area contributed by atoms with Crippen LogP contribution in [0.2, 0.25) is 0 Å². The van der Waals surface area contributed by atoms with Gasteiger partial charge in [0.2, 0.25) is 0 Å². The first-order valence-corrected chi connectivity index (χ1v) is 7.89.